The molecule has 0 saturated carbocycles. The minimum atomic E-state index is -1.23. The SMILES string of the molecule is COc1cc(C(O)C(O)c2ccc(O)c(OC)c2)ccc1O. The Bertz CT molecular complexity index is 598. The van der Waals surface area contributed by atoms with Crippen molar-refractivity contribution in [3.05, 3.63) is 47.5 Å². The summed E-state index contributed by atoms with van der Waals surface area (Å²) in [5, 5.41) is 39.7. The Morgan fingerprint density at radius 3 is 1.41 bits per heavy atom. The van der Waals surface area contributed by atoms with Gasteiger partial charge in [0, 0.05) is 0 Å². The van der Waals surface area contributed by atoms with E-state index >= 15 is 0 Å². The number of ether oxygens (including phenoxy) is 2. The molecular formula is C16H18O6. The second-order valence-corrected chi connectivity index (χ2v) is 4.75. The monoisotopic (exact) mass is 306 g/mol. The van der Waals surface area contributed by atoms with E-state index in [1.165, 1.54) is 50.6 Å². The highest BCUT2D eigenvalue weighted by Crippen LogP contribution is 2.36. The molecule has 0 saturated heterocycles. The number of aliphatic hydroxyl groups excluding tert-OH is 2. The van der Waals surface area contributed by atoms with Crippen molar-refractivity contribution in [1.29, 1.82) is 0 Å². The fourth-order valence-electron chi connectivity index (χ4n) is 2.12. The van der Waals surface area contributed by atoms with Crippen molar-refractivity contribution in [2.45, 2.75) is 12.2 Å². The number of aliphatic hydroxyl groups is 2. The molecule has 2 rings (SSSR count). The maximum atomic E-state index is 10.3. The van der Waals surface area contributed by atoms with Crippen LogP contribution in [0.1, 0.15) is 23.3 Å². The Hall–Kier alpha value is -2.44. The average Bonchev–Trinajstić information content (AvgIpc) is 2.54. The highest BCUT2D eigenvalue weighted by Gasteiger charge is 2.22. The third kappa shape index (κ3) is 3.08. The van der Waals surface area contributed by atoms with Crippen molar-refractivity contribution in [1.82, 2.24) is 0 Å². The van der Waals surface area contributed by atoms with Gasteiger partial charge in [0.2, 0.25) is 0 Å². The van der Waals surface area contributed by atoms with Gasteiger partial charge in [-0.2, -0.15) is 0 Å². The van der Waals surface area contributed by atoms with Crippen LogP contribution in [0.4, 0.5) is 0 Å². The van der Waals surface area contributed by atoms with Crippen molar-refractivity contribution in [3.8, 4) is 23.0 Å². The van der Waals surface area contributed by atoms with Crippen LogP contribution in [0.15, 0.2) is 36.4 Å². The van der Waals surface area contributed by atoms with Crippen LogP contribution in [0.25, 0.3) is 0 Å². The summed E-state index contributed by atoms with van der Waals surface area (Å²) < 4.78 is 9.96. The van der Waals surface area contributed by atoms with Crippen molar-refractivity contribution < 1.29 is 29.9 Å². The minimum Gasteiger partial charge on any atom is -0.504 e. The Labute approximate surface area is 127 Å². The minimum absolute atomic E-state index is 0.0563. The average molecular weight is 306 g/mol. The zero-order chi connectivity index (χ0) is 16.3. The quantitative estimate of drug-likeness (QED) is 0.673. The molecule has 0 aromatic heterocycles. The number of hydrogen-bond acceptors (Lipinski definition) is 6. The van der Waals surface area contributed by atoms with Gasteiger partial charge in [-0.15, -0.1) is 0 Å². The lowest BCUT2D eigenvalue weighted by molar-refractivity contribution is 0.0169. The second kappa shape index (κ2) is 6.55. The molecule has 0 aliphatic heterocycles. The van der Waals surface area contributed by atoms with E-state index in [1.54, 1.807) is 0 Å². The van der Waals surface area contributed by atoms with Crippen LogP contribution in [-0.4, -0.2) is 34.6 Å². The molecule has 0 aliphatic rings. The molecule has 2 unspecified atom stereocenters. The van der Waals surface area contributed by atoms with Gasteiger partial charge in [0.25, 0.3) is 0 Å². The topological polar surface area (TPSA) is 99.4 Å². The van der Waals surface area contributed by atoms with Crippen molar-refractivity contribution >= 4 is 0 Å². The van der Waals surface area contributed by atoms with Gasteiger partial charge in [0.05, 0.1) is 14.2 Å². The summed E-state index contributed by atoms with van der Waals surface area (Å²) in [6, 6.07) is 8.62. The summed E-state index contributed by atoms with van der Waals surface area (Å²) in [4.78, 5) is 0. The number of aromatic hydroxyl groups is 2. The van der Waals surface area contributed by atoms with Gasteiger partial charge >= 0.3 is 0 Å². The van der Waals surface area contributed by atoms with Gasteiger partial charge in [-0.3, -0.25) is 0 Å². The Morgan fingerprint density at radius 1 is 0.727 bits per heavy atom. The number of phenols is 2. The summed E-state index contributed by atoms with van der Waals surface area (Å²) in [6.45, 7) is 0. The third-order valence-electron chi connectivity index (χ3n) is 3.39. The second-order valence-electron chi connectivity index (χ2n) is 4.75. The predicted octanol–water partition coefficient (Wildman–Crippen LogP) is 1.88. The summed E-state index contributed by atoms with van der Waals surface area (Å²) >= 11 is 0. The number of hydrogen-bond donors (Lipinski definition) is 4. The van der Waals surface area contributed by atoms with Crippen molar-refractivity contribution in [2.24, 2.45) is 0 Å². The molecule has 6 heteroatoms. The van der Waals surface area contributed by atoms with E-state index in [9.17, 15) is 20.4 Å². The van der Waals surface area contributed by atoms with Crippen LogP contribution in [0, 0.1) is 0 Å². The van der Waals surface area contributed by atoms with Crippen LogP contribution < -0.4 is 9.47 Å². The lowest BCUT2D eigenvalue weighted by atomic mass is 9.97. The van der Waals surface area contributed by atoms with Gasteiger partial charge in [-0.25, -0.2) is 0 Å². The summed E-state index contributed by atoms with van der Waals surface area (Å²) in [5.74, 6) is 0.289. The molecule has 6 nitrogen and oxygen atoms in total. The third-order valence-corrected chi connectivity index (χ3v) is 3.39. The van der Waals surface area contributed by atoms with Crippen LogP contribution in [0.5, 0.6) is 23.0 Å². The molecule has 2 aromatic rings. The zero-order valence-corrected chi connectivity index (χ0v) is 12.2. The van der Waals surface area contributed by atoms with E-state index < -0.39 is 12.2 Å². The molecule has 0 radical (unpaired) electrons. The molecule has 118 valence electrons. The lowest BCUT2D eigenvalue weighted by Gasteiger charge is -2.20. The van der Waals surface area contributed by atoms with Gasteiger partial charge in [-0.1, -0.05) is 12.1 Å². The lowest BCUT2D eigenvalue weighted by Crippen LogP contribution is -2.10. The van der Waals surface area contributed by atoms with E-state index in [0.717, 1.165) is 0 Å². The molecular weight excluding hydrogens is 288 g/mol. The van der Waals surface area contributed by atoms with Gasteiger partial charge in [-0.05, 0) is 35.4 Å². The Kier molecular flexibility index (Phi) is 4.75. The predicted molar refractivity (Wildman–Crippen MR) is 79.2 cm³/mol. The highest BCUT2D eigenvalue weighted by atomic mass is 16.5. The number of rotatable bonds is 5. The Balaban J connectivity index is 2.30. The van der Waals surface area contributed by atoms with Gasteiger partial charge < -0.3 is 29.9 Å². The smallest absolute Gasteiger partial charge is 0.160 e. The largest absolute Gasteiger partial charge is 0.504 e. The van der Waals surface area contributed by atoms with E-state index in [2.05, 4.69) is 0 Å². The van der Waals surface area contributed by atoms with E-state index in [1.807, 2.05) is 0 Å². The first kappa shape index (κ1) is 15.9. The zero-order valence-electron chi connectivity index (χ0n) is 12.2. The first-order valence-corrected chi connectivity index (χ1v) is 6.58. The fraction of sp³-hybridized carbons (Fsp3) is 0.250. The molecule has 0 amide bonds. The molecule has 0 aliphatic carbocycles. The number of benzene rings is 2. The molecule has 2 aromatic carbocycles. The van der Waals surface area contributed by atoms with Crippen LogP contribution >= 0.6 is 0 Å². The van der Waals surface area contributed by atoms with Gasteiger partial charge in [0.15, 0.2) is 23.0 Å². The van der Waals surface area contributed by atoms with Crippen LogP contribution in [0.3, 0.4) is 0 Å². The number of phenolic OH excluding ortho intramolecular Hbond substituents is 2. The molecule has 4 N–H and O–H groups in total. The first-order valence-electron chi connectivity index (χ1n) is 6.58. The molecule has 22 heavy (non-hydrogen) atoms. The first-order chi connectivity index (χ1) is 10.5. The Morgan fingerprint density at radius 2 is 1.09 bits per heavy atom. The van der Waals surface area contributed by atoms with Gasteiger partial charge in [0.1, 0.15) is 12.2 Å². The molecule has 0 bridgehead atoms. The summed E-state index contributed by atoms with van der Waals surface area (Å²) in [6.07, 6.45) is -2.47. The van der Waals surface area contributed by atoms with Crippen LogP contribution in [-0.2, 0) is 0 Å². The fourth-order valence-corrected chi connectivity index (χ4v) is 2.12. The molecule has 0 heterocycles. The normalized spacial score (nSPS) is 13.5. The van der Waals surface area contributed by atoms with E-state index in [0.29, 0.717) is 11.1 Å². The summed E-state index contributed by atoms with van der Waals surface area (Å²) in [5.41, 5.74) is 0.767. The van der Waals surface area contributed by atoms with E-state index in [-0.39, 0.29) is 23.0 Å². The van der Waals surface area contributed by atoms with Crippen molar-refractivity contribution in [2.75, 3.05) is 14.2 Å². The molecule has 0 fully saturated rings. The van der Waals surface area contributed by atoms with Crippen LogP contribution in [0.2, 0.25) is 0 Å². The van der Waals surface area contributed by atoms with Crippen molar-refractivity contribution in [3.63, 3.8) is 0 Å². The summed E-state index contributed by atoms with van der Waals surface area (Å²) in [7, 11) is 2.79. The maximum Gasteiger partial charge on any atom is 0.160 e. The highest BCUT2D eigenvalue weighted by molar-refractivity contribution is 5.45. The standard InChI is InChI=1S/C16H18O6/c1-21-13-7-9(3-5-11(13)17)15(19)16(20)10-4-6-12(18)14(8-10)22-2/h3-8,15-20H,1-2H3. The maximum absolute atomic E-state index is 10.3. The molecule has 0 spiro atoms. The molecule has 2 atom stereocenters. The number of methoxy groups -OCH3 is 2. The van der Waals surface area contributed by atoms with E-state index in [4.69, 9.17) is 9.47 Å².